The lowest BCUT2D eigenvalue weighted by molar-refractivity contribution is -0.123. The first-order valence-corrected chi connectivity index (χ1v) is 7.01. The van der Waals surface area contributed by atoms with Gasteiger partial charge in [0.25, 0.3) is 0 Å². The monoisotopic (exact) mass is 312 g/mol. The predicted molar refractivity (Wildman–Crippen MR) is 78.3 cm³/mol. The van der Waals surface area contributed by atoms with Gasteiger partial charge >= 0.3 is 0 Å². The molecule has 0 aliphatic rings. The molecule has 0 heterocycles. The molecule has 1 atom stereocenters. The minimum absolute atomic E-state index is 0.0613. The number of rotatable bonds is 6. The molecule has 0 aliphatic heterocycles. The van der Waals surface area contributed by atoms with Crippen LogP contribution in [0.25, 0.3) is 0 Å². The molecule has 2 N–H and O–H groups in total. The summed E-state index contributed by atoms with van der Waals surface area (Å²) in [7, 11) is 1.83. The van der Waals surface area contributed by atoms with Crippen LogP contribution in [0.1, 0.15) is 25.8 Å². The van der Waals surface area contributed by atoms with Crippen molar-refractivity contribution in [2.45, 2.75) is 32.9 Å². The average molecular weight is 313 g/mol. The first kappa shape index (κ1) is 15.2. The number of hydrogen-bond donors (Lipinski definition) is 2. The van der Waals surface area contributed by atoms with Gasteiger partial charge in [-0.15, -0.1) is 0 Å². The number of likely N-dealkylation sites (N-methyl/N-ethyl adjacent to an activating group) is 1. The summed E-state index contributed by atoms with van der Waals surface area (Å²) >= 11 is 3.42. The molecule has 1 unspecified atom stereocenters. The zero-order valence-corrected chi connectivity index (χ0v) is 12.8. The largest absolute Gasteiger partial charge is 0.351 e. The summed E-state index contributed by atoms with van der Waals surface area (Å²) in [4.78, 5) is 12.0. The van der Waals surface area contributed by atoms with Crippen LogP contribution in [0.4, 0.5) is 0 Å². The molecule has 1 amide bonds. The molecule has 1 rings (SSSR count). The molecule has 0 bridgehead atoms. The molecule has 3 nitrogen and oxygen atoms in total. The van der Waals surface area contributed by atoms with E-state index < -0.39 is 0 Å². The second kappa shape index (κ2) is 7.54. The van der Waals surface area contributed by atoms with Crippen molar-refractivity contribution in [3.8, 4) is 0 Å². The smallest absolute Gasteiger partial charge is 0.237 e. The number of carbonyl (C=O) groups excluding carboxylic acids is 1. The summed E-state index contributed by atoms with van der Waals surface area (Å²) in [6, 6.07) is 7.84. The molecule has 0 radical (unpaired) electrons. The van der Waals surface area contributed by atoms with Gasteiger partial charge in [-0.3, -0.25) is 4.79 Å². The fraction of sp³-hybridized carbons (Fsp3) is 0.500. The summed E-state index contributed by atoms with van der Waals surface area (Å²) in [5.74, 6) is 0.560. The lowest BCUT2D eigenvalue weighted by atomic mass is 10.0. The summed E-state index contributed by atoms with van der Waals surface area (Å²) in [6.45, 7) is 4.80. The van der Waals surface area contributed by atoms with Crippen LogP contribution in [0.3, 0.4) is 0 Å². The molecule has 1 aromatic carbocycles. The van der Waals surface area contributed by atoms with Gasteiger partial charge in [-0.25, -0.2) is 0 Å². The Hall–Kier alpha value is -0.870. The van der Waals surface area contributed by atoms with Crippen LogP contribution >= 0.6 is 15.9 Å². The SMILES string of the molecule is CNC(CC(C)C)C(=O)NCc1cccc(Br)c1. The third kappa shape index (κ3) is 5.19. The highest BCUT2D eigenvalue weighted by atomic mass is 79.9. The van der Waals surface area contributed by atoms with Crippen molar-refractivity contribution in [2.24, 2.45) is 5.92 Å². The zero-order chi connectivity index (χ0) is 13.5. The minimum atomic E-state index is -0.114. The molecule has 100 valence electrons. The quantitative estimate of drug-likeness (QED) is 0.848. The van der Waals surface area contributed by atoms with Gasteiger partial charge in [-0.05, 0) is 37.1 Å². The molecule has 1 aromatic rings. The fourth-order valence-corrected chi connectivity index (χ4v) is 2.23. The molecule has 0 fully saturated rings. The maximum absolute atomic E-state index is 12.0. The summed E-state index contributed by atoms with van der Waals surface area (Å²) in [5.41, 5.74) is 1.09. The van der Waals surface area contributed by atoms with E-state index in [4.69, 9.17) is 0 Å². The highest BCUT2D eigenvalue weighted by Gasteiger charge is 2.16. The first-order chi connectivity index (χ1) is 8.52. The molecular formula is C14H21BrN2O. The fourth-order valence-electron chi connectivity index (χ4n) is 1.79. The standard InChI is InChI=1S/C14H21BrN2O/c1-10(2)7-13(16-3)14(18)17-9-11-5-4-6-12(15)8-11/h4-6,8,10,13,16H,7,9H2,1-3H3,(H,17,18). The highest BCUT2D eigenvalue weighted by Crippen LogP contribution is 2.11. The van der Waals surface area contributed by atoms with Crippen molar-refractivity contribution in [2.75, 3.05) is 7.05 Å². The Labute approximate surface area is 117 Å². The van der Waals surface area contributed by atoms with Crippen LogP contribution in [0, 0.1) is 5.92 Å². The van der Waals surface area contributed by atoms with Crippen molar-refractivity contribution in [3.63, 3.8) is 0 Å². The van der Waals surface area contributed by atoms with Crippen molar-refractivity contribution in [1.29, 1.82) is 0 Å². The lowest BCUT2D eigenvalue weighted by Crippen LogP contribution is -2.43. The highest BCUT2D eigenvalue weighted by molar-refractivity contribution is 9.10. The molecule has 0 aromatic heterocycles. The molecule has 18 heavy (non-hydrogen) atoms. The number of benzene rings is 1. The first-order valence-electron chi connectivity index (χ1n) is 6.22. The van der Waals surface area contributed by atoms with Crippen molar-refractivity contribution in [3.05, 3.63) is 34.3 Å². The van der Waals surface area contributed by atoms with Crippen LogP contribution in [-0.2, 0) is 11.3 Å². The van der Waals surface area contributed by atoms with Gasteiger partial charge in [0.15, 0.2) is 0 Å². The van der Waals surface area contributed by atoms with E-state index in [-0.39, 0.29) is 11.9 Å². The van der Waals surface area contributed by atoms with Crippen molar-refractivity contribution in [1.82, 2.24) is 10.6 Å². The molecule has 0 saturated heterocycles. The van der Waals surface area contributed by atoms with Gasteiger partial charge in [-0.1, -0.05) is 41.9 Å². The van der Waals surface area contributed by atoms with Gasteiger partial charge in [0.2, 0.25) is 5.91 Å². The molecular weight excluding hydrogens is 292 g/mol. The number of carbonyl (C=O) groups is 1. The van der Waals surface area contributed by atoms with Crippen LogP contribution in [0.5, 0.6) is 0 Å². The van der Waals surface area contributed by atoms with Crippen LogP contribution < -0.4 is 10.6 Å². The van der Waals surface area contributed by atoms with Gasteiger partial charge in [0.1, 0.15) is 0 Å². The maximum atomic E-state index is 12.0. The second-order valence-corrected chi connectivity index (χ2v) is 5.73. The molecule has 4 heteroatoms. The number of halogens is 1. The van der Waals surface area contributed by atoms with E-state index in [1.54, 1.807) is 0 Å². The second-order valence-electron chi connectivity index (χ2n) is 4.82. The van der Waals surface area contributed by atoms with Gasteiger partial charge in [0, 0.05) is 11.0 Å². The lowest BCUT2D eigenvalue weighted by Gasteiger charge is -2.18. The van der Waals surface area contributed by atoms with E-state index in [1.807, 2.05) is 31.3 Å². The van der Waals surface area contributed by atoms with Gasteiger partial charge in [-0.2, -0.15) is 0 Å². The Balaban J connectivity index is 2.49. The summed E-state index contributed by atoms with van der Waals surface area (Å²) in [5, 5.41) is 6.02. The van der Waals surface area contributed by atoms with E-state index in [2.05, 4.69) is 40.4 Å². The number of hydrogen-bond acceptors (Lipinski definition) is 2. The zero-order valence-electron chi connectivity index (χ0n) is 11.2. The Kier molecular flexibility index (Phi) is 6.36. The van der Waals surface area contributed by atoms with E-state index >= 15 is 0 Å². The predicted octanol–water partition coefficient (Wildman–Crippen LogP) is 2.70. The molecule has 0 saturated carbocycles. The van der Waals surface area contributed by atoms with Crippen LogP contribution in [0.2, 0.25) is 0 Å². The van der Waals surface area contributed by atoms with Crippen molar-refractivity contribution < 1.29 is 4.79 Å². The normalized spacial score (nSPS) is 12.5. The summed E-state index contributed by atoms with van der Waals surface area (Å²) in [6.07, 6.45) is 0.848. The van der Waals surface area contributed by atoms with Gasteiger partial charge in [0.05, 0.1) is 6.04 Å². The Morgan fingerprint density at radius 3 is 2.67 bits per heavy atom. The Morgan fingerprint density at radius 1 is 1.39 bits per heavy atom. The Bertz CT molecular complexity index is 393. The van der Waals surface area contributed by atoms with E-state index in [9.17, 15) is 4.79 Å². The average Bonchev–Trinajstić information content (AvgIpc) is 2.33. The van der Waals surface area contributed by atoms with E-state index in [0.717, 1.165) is 16.5 Å². The minimum Gasteiger partial charge on any atom is -0.351 e. The van der Waals surface area contributed by atoms with E-state index in [1.165, 1.54) is 0 Å². The van der Waals surface area contributed by atoms with Crippen LogP contribution in [-0.4, -0.2) is 19.0 Å². The third-order valence-corrected chi connectivity index (χ3v) is 3.22. The topological polar surface area (TPSA) is 41.1 Å². The van der Waals surface area contributed by atoms with Crippen molar-refractivity contribution >= 4 is 21.8 Å². The molecule has 0 aliphatic carbocycles. The summed E-state index contributed by atoms with van der Waals surface area (Å²) < 4.78 is 1.03. The Morgan fingerprint density at radius 2 is 2.11 bits per heavy atom. The third-order valence-electron chi connectivity index (χ3n) is 2.73. The number of nitrogens with one attached hydrogen (secondary N) is 2. The van der Waals surface area contributed by atoms with Gasteiger partial charge < -0.3 is 10.6 Å². The molecule has 0 spiro atoms. The maximum Gasteiger partial charge on any atom is 0.237 e. The van der Waals surface area contributed by atoms with Crippen LogP contribution in [0.15, 0.2) is 28.7 Å². The van der Waals surface area contributed by atoms with E-state index in [0.29, 0.717) is 12.5 Å². The number of amides is 1.